The Morgan fingerprint density at radius 1 is 1.24 bits per heavy atom. The van der Waals surface area contributed by atoms with E-state index >= 15 is 0 Å². The molecule has 176 valence electrons. The van der Waals surface area contributed by atoms with Gasteiger partial charge in [0.1, 0.15) is 5.75 Å². The van der Waals surface area contributed by atoms with Gasteiger partial charge in [0, 0.05) is 61.5 Å². The van der Waals surface area contributed by atoms with Crippen LogP contribution in [0.2, 0.25) is 0 Å². The summed E-state index contributed by atoms with van der Waals surface area (Å²) in [4.78, 5) is 16.7. The largest absolute Gasteiger partial charge is 0.507 e. The fourth-order valence-corrected chi connectivity index (χ4v) is 5.14. The lowest BCUT2D eigenvalue weighted by atomic mass is 9.96. The normalized spacial score (nSPS) is 19.6. The molecule has 5 rings (SSSR count). The van der Waals surface area contributed by atoms with Gasteiger partial charge in [0.15, 0.2) is 5.82 Å². The number of H-pyrrole nitrogens is 1. The fourth-order valence-electron chi connectivity index (χ4n) is 5.14. The third-order valence-corrected chi connectivity index (χ3v) is 6.96. The van der Waals surface area contributed by atoms with Crippen molar-refractivity contribution in [2.75, 3.05) is 18.5 Å². The first-order valence-corrected chi connectivity index (χ1v) is 11.6. The molecule has 2 aliphatic heterocycles. The number of hydrogen-bond acceptors (Lipinski definition) is 7. The van der Waals surface area contributed by atoms with Gasteiger partial charge in [-0.2, -0.15) is 5.10 Å². The molecule has 9 heteroatoms. The van der Waals surface area contributed by atoms with Gasteiger partial charge in [-0.15, -0.1) is 10.2 Å². The van der Waals surface area contributed by atoms with E-state index in [4.69, 9.17) is 5.73 Å². The number of carbonyl (C=O) groups excluding carboxylic acids is 1. The van der Waals surface area contributed by atoms with E-state index in [0.717, 1.165) is 41.9 Å². The summed E-state index contributed by atoms with van der Waals surface area (Å²) in [5, 5.41) is 26.1. The van der Waals surface area contributed by atoms with Crippen molar-refractivity contribution in [2.24, 2.45) is 5.73 Å². The molecule has 2 aromatic heterocycles. The highest BCUT2D eigenvalue weighted by molar-refractivity contribution is 5.80. The highest BCUT2D eigenvalue weighted by Gasteiger charge is 2.41. The Morgan fingerprint density at radius 2 is 2.09 bits per heavy atom. The third-order valence-electron chi connectivity index (χ3n) is 6.96. The predicted molar refractivity (Wildman–Crippen MR) is 130 cm³/mol. The molecule has 34 heavy (non-hydrogen) atoms. The maximum atomic E-state index is 12.6. The molecule has 0 aliphatic carbocycles. The summed E-state index contributed by atoms with van der Waals surface area (Å²) in [5.41, 5.74) is 11.1. The zero-order valence-corrected chi connectivity index (χ0v) is 19.4. The number of fused-ring (bicyclic) bond motifs is 2. The van der Waals surface area contributed by atoms with Crippen molar-refractivity contribution >= 4 is 11.7 Å². The van der Waals surface area contributed by atoms with Crippen LogP contribution in [0.4, 0.5) is 5.82 Å². The zero-order chi connectivity index (χ0) is 23.8. The molecule has 2 atom stereocenters. The topological polar surface area (TPSA) is 124 Å². The summed E-state index contributed by atoms with van der Waals surface area (Å²) < 4.78 is 0. The van der Waals surface area contributed by atoms with Crippen LogP contribution in [-0.4, -0.2) is 62.0 Å². The average molecular weight is 460 g/mol. The summed E-state index contributed by atoms with van der Waals surface area (Å²) in [7, 11) is 2.03. The highest BCUT2D eigenvalue weighted by atomic mass is 16.3. The van der Waals surface area contributed by atoms with Crippen LogP contribution in [-0.2, 0) is 4.79 Å². The minimum atomic E-state index is 0.128. The van der Waals surface area contributed by atoms with E-state index in [1.54, 1.807) is 18.5 Å². The monoisotopic (exact) mass is 459 g/mol. The van der Waals surface area contributed by atoms with Gasteiger partial charge >= 0.3 is 0 Å². The molecule has 4 N–H and O–H groups in total. The van der Waals surface area contributed by atoms with E-state index in [-0.39, 0.29) is 23.7 Å². The van der Waals surface area contributed by atoms with Gasteiger partial charge < -0.3 is 20.6 Å². The van der Waals surface area contributed by atoms with Crippen LogP contribution in [0.15, 0.2) is 54.0 Å². The molecule has 2 aliphatic rings. The number of nitrogens with zero attached hydrogens (tertiary/aromatic N) is 5. The third kappa shape index (κ3) is 3.92. The van der Waals surface area contributed by atoms with Gasteiger partial charge in [-0.1, -0.05) is 11.6 Å². The summed E-state index contributed by atoms with van der Waals surface area (Å²) in [5.74, 6) is 1.04. The van der Waals surface area contributed by atoms with Gasteiger partial charge in [0.25, 0.3) is 0 Å². The number of rotatable bonds is 6. The number of piperidine rings is 1. The van der Waals surface area contributed by atoms with Crippen LogP contribution in [0.5, 0.6) is 5.75 Å². The maximum Gasteiger partial charge on any atom is 0.228 e. The second-order valence-electron chi connectivity index (χ2n) is 9.09. The molecule has 0 unspecified atom stereocenters. The summed E-state index contributed by atoms with van der Waals surface area (Å²) in [6.45, 7) is 2.50. The van der Waals surface area contributed by atoms with E-state index in [1.165, 1.54) is 5.57 Å². The minimum Gasteiger partial charge on any atom is -0.507 e. The number of phenols is 1. The fraction of sp³-hybridized carbons (Fsp3) is 0.360. The Morgan fingerprint density at radius 3 is 2.74 bits per heavy atom. The zero-order valence-electron chi connectivity index (χ0n) is 19.4. The standard InChI is InChI=1S/C25H29N7O2/c1-15-9-19-11-18(12-22(15)32(19)25(34)7-8-26)31(2)24-6-5-21(29-30-24)20-4-3-16(10-23(20)33)17-13-27-28-14-17/h3-6,10,13-14,18-19,33H,7-9,11-12,26H2,1-2H3,(H,27,28)/t18-,19-/m0/s1. The number of anilines is 1. The van der Waals surface area contributed by atoms with Crippen molar-refractivity contribution < 1.29 is 9.90 Å². The van der Waals surface area contributed by atoms with Crippen molar-refractivity contribution in [3.63, 3.8) is 0 Å². The number of benzene rings is 1. The van der Waals surface area contributed by atoms with Gasteiger partial charge in [-0.05, 0) is 49.6 Å². The maximum absolute atomic E-state index is 12.6. The van der Waals surface area contributed by atoms with E-state index in [1.807, 2.05) is 36.2 Å². The van der Waals surface area contributed by atoms with E-state index in [9.17, 15) is 9.90 Å². The number of hydrogen-bond donors (Lipinski definition) is 3. The van der Waals surface area contributed by atoms with Crippen molar-refractivity contribution in [1.29, 1.82) is 0 Å². The highest BCUT2D eigenvalue weighted by Crippen LogP contribution is 2.41. The number of aromatic nitrogens is 4. The second-order valence-corrected chi connectivity index (χ2v) is 9.09. The van der Waals surface area contributed by atoms with Crippen LogP contribution < -0.4 is 10.6 Å². The molecule has 0 spiro atoms. The number of aromatic amines is 1. The lowest BCUT2D eigenvalue weighted by Gasteiger charge is -2.40. The first kappa shape index (κ1) is 22.1. The van der Waals surface area contributed by atoms with E-state index in [0.29, 0.717) is 24.2 Å². The van der Waals surface area contributed by atoms with Crippen LogP contribution in [0.1, 0.15) is 32.6 Å². The smallest absolute Gasteiger partial charge is 0.228 e. The molecule has 2 bridgehead atoms. The van der Waals surface area contributed by atoms with Crippen LogP contribution >= 0.6 is 0 Å². The Labute approximate surface area is 198 Å². The lowest BCUT2D eigenvalue weighted by molar-refractivity contribution is -0.131. The predicted octanol–water partition coefficient (Wildman–Crippen LogP) is 3.06. The second kappa shape index (κ2) is 8.90. The molecule has 0 radical (unpaired) electrons. The van der Waals surface area contributed by atoms with Crippen molar-refractivity contribution in [1.82, 2.24) is 25.3 Å². The number of phenolic OH excluding ortho intramolecular Hbond substituents is 1. The molecular formula is C25H29N7O2. The molecule has 1 amide bonds. The van der Waals surface area contributed by atoms with E-state index < -0.39 is 0 Å². The molecule has 3 aromatic rings. The number of carbonyl (C=O) groups is 1. The lowest BCUT2D eigenvalue weighted by Crippen LogP contribution is -2.48. The summed E-state index contributed by atoms with van der Waals surface area (Å²) in [6.07, 6.45) is 6.48. The Balaban J connectivity index is 1.31. The van der Waals surface area contributed by atoms with Crippen LogP contribution in [0, 0.1) is 0 Å². The Hall–Kier alpha value is -3.72. The first-order valence-electron chi connectivity index (χ1n) is 11.6. The van der Waals surface area contributed by atoms with Gasteiger partial charge in [-0.3, -0.25) is 9.89 Å². The molecule has 1 fully saturated rings. The SMILES string of the molecule is CC1=C2C[C@@H](N(C)c3ccc(-c4ccc(-c5cn[nH]c5)cc4O)nn3)C[C@H](C1)N2C(=O)CCN. The van der Waals surface area contributed by atoms with E-state index in [2.05, 4.69) is 32.2 Å². The molecule has 1 saturated heterocycles. The molecule has 0 saturated carbocycles. The number of amides is 1. The first-order chi connectivity index (χ1) is 16.5. The van der Waals surface area contributed by atoms with Crippen LogP contribution in [0.25, 0.3) is 22.4 Å². The van der Waals surface area contributed by atoms with Gasteiger partial charge in [0.05, 0.1) is 11.9 Å². The van der Waals surface area contributed by atoms with Crippen molar-refractivity contribution in [2.45, 2.75) is 44.7 Å². The summed E-state index contributed by atoms with van der Waals surface area (Å²) >= 11 is 0. The average Bonchev–Trinajstić information content (AvgIpc) is 3.44. The molecule has 4 heterocycles. The molecule has 1 aromatic carbocycles. The van der Waals surface area contributed by atoms with Gasteiger partial charge in [0.2, 0.25) is 5.91 Å². The quantitative estimate of drug-likeness (QED) is 0.517. The Kier molecular flexibility index (Phi) is 5.79. The van der Waals surface area contributed by atoms with Gasteiger partial charge in [-0.25, -0.2) is 0 Å². The molecular weight excluding hydrogens is 430 g/mol. The number of aromatic hydroxyl groups is 1. The van der Waals surface area contributed by atoms with Crippen molar-refractivity contribution in [3.05, 3.63) is 54.0 Å². The Bertz CT molecular complexity index is 1220. The molecule has 9 nitrogen and oxygen atoms in total. The van der Waals surface area contributed by atoms with Crippen LogP contribution in [0.3, 0.4) is 0 Å². The number of nitrogens with two attached hydrogens (primary N) is 1. The number of nitrogens with one attached hydrogen (secondary N) is 1. The minimum absolute atomic E-state index is 0.128. The summed E-state index contributed by atoms with van der Waals surface area (Å²) in [6, 6.07) is 9.70. The van der Waals surface area contributed by atoms with Crippen molar-refractivity contribution in [3.8, 4) is 28.1 Å².